The predicted octanol–water partition coefficient (Wildman–Crippen LogP) is 2.09. The van der Waals surface area contributed by atoms with Gasteiger partial charge in [-0.05, 0) is 24.3 Å². The fourth-order valence-corrected chi connectivity index (χ4v) is 4.18. The van der Waals surface area contributed by atoms with Gasteiger partial charge in [-0.1, -0.05) is 23.8 Å². The molecule has 128 valence electrons. The predicted molar refractivity (Wildman–Crippen MR) is 86.9 cm³/mol. The molecule has 1 aromatic carbocycles. The van der Waals surface area contributed by atoms with Crippen LogP contribution in [0.4, 0.5) is 5.69 Å². The van der Waals surface area contributed by atoms with Gasteiger partial charge in [0, 0.05) is 16.7 Å². The number of amides is 2. The summed E-state index contributed by atoms with van der Waals surface area (Å²) in [7, 11) is 0. The number of hydrazone groups is 1. The van der Waals surface area contributed by atoms with Crippen molar-refractivity contribution in [2.24, 2.45) is 28.8 Å². The van der Waals surface area contributed by atoms with Crippen LogP contribution in [0.15, 0.2) is 29.4 Å². The van der Waals surface area contributed by atoms with E-state index < -0.39 is 16.4 Å². The molecule has 25 heavy (non-hydrogen) atoms. The Kier molecular flexibility index (Phi) is 3.40. The second-order valence-corrected chi connectivity index (χ2v) is 6.79. The van der Waals surface area contributed by atoms with Gasteiger partial charge in [0.1, 0.15) is 0 Å². The molecular weight excluding hydrogens is 350 g/mol. The lowest BCUT2D eigenvalue weighted by atomic mass is 9.85. The molecular formula is C16H12ClN3O5. The summed E-state index contributed by atoms with van der Waals surface area (Å²) in [6.07, 6.45) is 5.79. The van der Waals surface area contributed by atoms with Gasteiger partial charge in [-0.2, -0.15) is 10.1 Å². The molecule has 1 saturated carbocycles. The third kappa shape index (κ3) is 2.25. The lowest BCUT2D eigenvalue weighted by Crippen LogP contribution is -2.28. The molecule has 4 atom stereocenters. The van der Waals surface area contributed by atoms with Crippen molar-refractivity contribution in [3.05, 3.63) is 45.0 Å². The number of nitro groups is 1. The number of hydrogen-bond acceptors (Lipinski definition) is 6. The zero-order valence-electron chi connectivity index (χ0n) is 12.7. The third-order valence-corrected chi connectivity index (χ3v) is 5.26. The topological polar surface area (TPSA) is 113 Å². The Bertz CT molecular complexity index is 851. The molecule has 1 aromatic rings. The van der Waals surface area contributed by atoms with Crippen molar-refractivity contribution in [2.75, 3.05) is 0 Å². The fraction of sp³-hybridized carbons (Fsp3) is 0.312. The van der Waals surface area contributed by atoms with E-state index in [0.29, 0.717) is 0 Å². The number of rotatable bonds is 3. The molecule has 3 aliphatic rings. The first kappa shape index (κ1) is 15.8. The highest BCUT2D eigenvalue weighted by Crippen LogP contribution is 2.52. The van der Waals surface area contributed by atoms with Crippen LogP contribution in [0.3, 0.4) is 0 Å². The number of phenols is 1. The number of halogens is 1. The minimum Gasteiger partial charge on any atom is -0.502 e. The quantitative estimate of drug-likeness (QED) is 0.291. The summed E-state index contributed by atoms with van der Waals surface area (Å²) in [6.45, 7) is 0. The summed E-state index contributed by atoms with van der Waals surface area (Å²) >= 11 is 5.81. The van der Waals surface area contributed by atoms with Crippen molar-refractivity contribution in [3.8, 4) is 5.75 Å². The van der Waals surface area contributed by atoms with Crippen LogP contribution in [0.1, 0.15) is 12.0 Å². The molecule has 1 heterocycles. The van der Waals surface area contributed by atoms with Gasteiger partial charge in [0.05, 0.1) is 23.0 Å². The van der Waals surface area contributed by atoms with Crippen LogP contribution in [-0.2, 0) is 9.59 Å². The average molecular weight is 362 g/mol. The molecule has 9 heteroatoms. The minimum absolute atomic E-state index is 0.0316. The van der Waals surface area contributed by atoms with E-state index in [4.69, 9.17) is 11.6 Å². The number of carbonyl (C=O) groups is 2. The summed E-state index contributed by atoms with van der Waals surface area (Å²) < 4.78 is 0. The van der Waals surface area contributed by atoms with E-state index in [1.807, 2.05) is 12.2 Å². The van der Waals surface area contributed by atoms with Gasteiger partial charge in [0.25, 0.3) is 11.8 Å². The monoisotopic (exact) mass is 361 g/mol. The number of carbonyl (C=O) groups excluding carboxylic acids is 2. The number of aromatic hydroxyl groups is 1. The minimum atomic E-state index is -0.779. The number of nitro benzene ring substituents is 1. The summed E-state index contributed by atoms with van der Waals surface area (Å²) in [5, 5.41) is 25.6. The number of hydrogen-bond donors (Lipinski definition) is 1. The van der Waals surface area contributed by atoms with Crippen LogP contribution in [-0.4, -0.2) is 33.1 Å². The maximum atomic E-state index is 12.5. The number of benzene rings is 1. The number of phenolic OH excluding ortho intramolecular Hbond substituents is 1. The molecule has 2 bridgehead atoms. The van der Waals surface area contributed by atoms with E-state index in [-0.39, 0.29) is 46.1 Å². The molecule has 0 radical (unpaired) electrons. The highest BCUT2D eigenvalue weighted by atomic mass is 35.5. The average Bonchev–Trinajstić information content (AvgIpc) is 3.23. The van der Waals surface area contributed by atoms with Crippen molar-refractivity contribution in [1.29, 1.82) is 0 Å². The first-order chi connectivity index (χ1) is 11.9. The largest absolute Gasteiger partial charge is 0.502 e. The molecule has 1 N–H and O–H groups in total. The van der Waals surface area contributed by atoms with Gasteiger partial charge in [-0.3, -0.25) is 19.7 Å². The van der Waals surface area contributed by atoms with Gasteiger partial charge in [-0.25, -0.2) is 0 Å². The van der Waals surface area contributed by atoms with Gasteiger partial charge in [0.2, 0.25) is 5.75 Å². The van der Waals surface area contributed by atoms with Crippen LogP contribution in [0, 0.1) is 33.8 Å². The summed E-state index contributed by atoms with van der Waals surface area (Å²) in [5.74, 6) is -2.03. The molecule has 0 spiro atoms. The maximum Gasteiger partial charge on any atom is 0.312 e. The Hall–Kier alpha value is -2.74. The van der Waals surface area contributed by atoms with Gasteiger partial charge in [0.15, 0.2) is 0 Å². The number of imide groups is 1. The van der Waals surface area contributed by atoms with Crippen molar-refractivity contribution < 1.29 is 19.6 Å². The number of allylic oxidation sites excluding steroid dienone is 2. The summed E-state index contributed by atoms with van der Waals surface area (Å²) in [5.41, 5.74) is -0.620. The van der Waals surface area contributed by atoms with E-state index >= 15 is 0 Å². The van der Waals surface area contributed by atoms with E-state index in [1.54, 1.807) is 0 Å². The van der Waals surface area contributed by atoms with Gasteiger partial charge < -0.3 is 5.11 Å². The third-order valence-electron chi connectivity index (χ3n) is 5.04. The van der Waals surface area contributed by atoms with E-state index in [0.717, 1.165) is 23.7 Å². The normalized spacial score (nSPS) is 29.9. The van der Waals surface area contributed by atoms with E-state index in [9.17, 15) is 24.8 Å². The van der Waals surface area contributed by atoms with Crippen molar-refractivity contribution in [1.82, 2.24) is 5.01 Å². The number of fused-ring (bicyclic) bond motifs is 5. The van der Waals surface area contributed by atoms with Crippen LogP contribution >= 0.6 is 11.6 Å². The zero-order chi connectivity index (χ0) is 17.9. The SMILES string of the molecule is O=C1C2C3C=CC(C3)C2C(=O)N1/N=C/c1cc(Cl)cc([N+](=O)[O-])c1O. The zero-order valence-corrected chi connectivity index (χ0v) is 13.5. The standard InChI is InChI=1S/C16H12ClN3O5/c17-10-4-9(14(21)11(5-10)20(24)25)6-18-19-15(22)12-7-1-2-8(3-7)13(12)16(19)23/h1-2,4-8,12-13,21H,3H2/b18-6+. The molecule has 1 saturated heterocycles. The lowest BCUT2D eigenvalue weighted by molar-refractivity contribution is -0.385. The maximum absolute atomic E-state index is 12.5. The Morgan fingerprint density at radius 3 is 2.40 bits per heavy atom. The van der Waals surface area contributed by atoms with Crippen molar-refractivity contribution in [3.63, 3.8) is 0 Å². The highest BCUT2D eigenvalue weighted by molar-refractivity contribution is 6.31. The fourth-order valence-electron chi connectivity index (χ4n) is 3.96. The Morgan fingerprint density at radius 2 is 1.84 bits per heavy atom. The van der Waals surface area contributed by atoms with Crippen LogP contribution < -0.4 is 0 Å². The van der Waals surface area contributed by atoms with Crippen molar-refractivity contribution in [2.45, 2.75) is 6.42 Å². The van der Waals surface area contributed by atoms with Gasteiger partial charge in [-0.15, -0.1) is 0 Å². The highest BCUT2D eigenvalue weighted by Gasteiger charge is 2.59. The summed E-state index contributed by atoms with van der Waals surface area (Å²) in [4.78, 5) is 35.1. The van der Waals surface area contributed by atoms with Crippen LogP contribution in [0.2, 0.25) is 5.02 Å². The first-order valence-corrected chi connectivity index (χ1v) is 8.03. The molecule has 4 rings (SSSR count). The van der Waals surface area contributed by atoms with Crippen molar-refractivity contribution >= 4 is 35.3 Å². The van der Waals surface area contributed by atoms with E-state index in [2.05, 4.69) is 5.10 Å². The van der Waals surface area contributed by atoms with E-state index in [1.165, 1.54) is 6.07 Å². The van der Waals surface area contributed by atoms with Gasteiger partial charge >= 0.3 is 5.69 Å². The molecule has 2 amide bonds. The molecule has 4 unspecified atom stereocenters. The molecule has 2 aliphatic carbocycles. The number of nitrogens with zero attached hydrogens (tertiary/aromatic N) is 3. The molecule has 0 aromatic heterocycles. The van der Waals surface area contributed by atoms with Crippen LogP contribution in [0.5, 0.6) is 5.75 Å². The lowest BCUT2D eigenvalue weighted by Gasteiger charge is -2.13. The van der Waals surface area contributed by atoms with Crippen LogP contribution in [0.25, 0.3) is 0 Å². The Morgan fingerprint density at radius 1 is 1.24 bits per heavy atom. The molecule has 2 fully saturated rings. The molecule has 8 nitrogen and oxygen atoms in total. The molecule has 1 aliphatic heterocycles. The second kappa shape index (κ2) is 5.38. The Labute approximate surface area is 146 Å². The smallest absolute Gasteiger partial charge is 0.312 e. The first-order valence-electron chi connectivity index (χ1n) is 7.65. The summed E-state index contributed by atoms with van der Waals surface area (Å²) in [6, 6.07) is 2.28. The second-order valence-electron chi connectivity index (χ2n) is 6.35. The Balaban J connectivity index is 1.64.